The monoisotopic (exact) mass is 484 g/mol. The number of hydrogen-bond donors (Lipinski definition) is 0. The average molecular weight is 485 g/mol. The molecule has 1 aliphatic rings. The molecular formula is C28H25BrN2O. The maximum atomic E-state index is 13.4. The lowest BCUT2D eigenvalue weighted by Gasteiger charge is -2.40. The number of nitrogens with zero attached hydrogens (tertiary/aromatic N) is 2. The Bertz CT molecular complexity index is 1210. The van der Waals surface area contributed by atoms with E-state index >= 15 is 0 Å². The minimum atomic E-state index is 0.126. The smallest absolute Gasteiger partial charge is 0.254 e. The molecule has 0 bridgehead atoms. The molecule has 1 amide bonds. The number of fused-ring (bicyclic) bond motifs is 1. The van der Waals surface area contributed by atoms with Crippen molar-refractivity contribution < 1.29 is 4.79 Å². The molecule has 1 atom stereocenters. The predicted molar refractivity (Wildman–Crippen MR) is 134 cm³/mol. The zero-order valence-corrected chi connectivity index (χ0v) is 19.4. The van der Waals surface area contributed by atoms with E-state index in [1.165, 1.54) is 11.1 Å². The van der Waals surface area contributed by atoms with Gasteiger partial charge in [-0.2, -0.15) is 0 Å². The van der Waals surface area contributed by atoms with Gasteiger partial charge in [0.05, 0.1) is 6.04 Å². The van der Waals surface area contributed by atoms with Crippen LogP contribution in [0, 0.1) is 0 Å². The van der Waals surface area contributed by atoms with Crippen LogP contribution in [0.4, 0.5) is 0 Å². The maximum Gasteiger partial charge on any atom is 0.254 e. The molecule has 5 rings (SSSR count). The van der Waals surface area contributed by atoms with Gasteiger partial charge in [0.25, 0.3) is 5.91 Å². The highest BCUT2D eigenvalue weighted by Crippen LogP contribution is 2.31. The van der Waals surface area contributed by atoms with Crippen LogP contribution in [-0.2, 0) is 0 Å². The lowest BCUT2D eigenvalue weighted by Crippen LogP contribution is -2.49. The van der Waals surface area contributed by atoms with Gasteiger partial charge in [0.15, 0.2) is 0 Å². The highest BCUT2D eigenvalue weighted by molar-refractivity contribution is 9.10. The van der Waals surface area contributed by atoms with E-state index in [1.54, 1.807) is 0 Å². The molecule has 0 aliphatic carbocycles. The molecule has 0 spiro atoms. The van der Waals surface area contributed by atoms with Crippen molar-refractivity contribution in [1.82, 2.24) is 9.80 Å². The molecule has 0 N–H and O–H groups in total. The predicted octanol–water partition coefficient (Wildman–Crippen LogP) is 6.15. The highest BCUT2D eigenvalue weighted by atomic mass is 79.9. The van der Waals surface area contributed by atoms with Crippen LogP contribution in [0.2, 0.25) is 0 Å². The summed E-state index contributed by atoms with van der Waals surface area (Å²) in [6.07, 6.45) is 0. The normalized spacial score (nSPS) is 15.6. The molecule has 4 aromatic carbocycles. The lowest BCUT2D eigenvalue weighted by molar-refractivity contribution is 0.0599. The summed E-state index contributed by atoms with van der Waals surface area (Å²) in [6.45, 7) is 3.13. The van der Waals surface area contributed by atoms with Crippen LogP contribution >= 0.6 is 15.9 Å². The number of rotatable bonds is 4. The van der Waals surface area contributed by atoms with E-state index in [4.69, 9.17) is 0 Å². The Kier molecular flexibility index (Phi) is 6.06. The molecule has 0 unspecified atom stereocenters. The van der Waals surface area contributed by atoms with E-state index in [0.29, 0.717) is 0 Å². The standard InChI is InChI=1S/C28H25BrN2O/c29-24-15-13-23(14-16-24)27(22-8-2-1-3-9-22)30-17-19-31(20-18-30)28(32)26-12-6-10-21-7-4-5-11-25(21)26/h1-16,27H,17-20H2/t27-/m1/s1. The third-order valence-electron chi connectivity index (χ3n) is 6.29. The van der Waals surface area contributed by atoms with Crippen molar-refractivity contribution in [2.24, 2.45) is 0 Å². The number of halogens is 1. The molecule has 4 aromatic rings. The van der Waals surface area contributed by atoms with Crippen LogP contribution in [0.15, 0.2) is 102 Å². The molecule has 0 radical (unpaired) electrons. The van der Waals surface area contributed by atoms with Crippen LogP contribution in [-0.4, -0.2) is 41.9 Å². The fourth-order valence-corrected chi connectivity index (χ4v) is 4.92. The fraction of sp³-hybridized carbons (Fsp3) is 0.179. The molecule has 0 saturated carbocycles. The van der Waals surface area contributed by atoms with E-state index in [2.05, 4.69) is 87.6 Å². The molecule has 1 fully saturated rings. The minimum absolute atomic E-state index is 0.126. The minimum Gasteiger partial charge on any atom is -0.336 e. The zero-order valence-electron chi connectivity index (χ0n) is 17.8. The van der Waals surface area contributed by atoms with Gasteiger partial charge in [-0.15, -0.1) is 0 Å². The number of amides is 1. The molecule has 32 heavy (non-hydrogen) atoms. The van der Waals surface area contributed by atoms with Crippen molar-refractivity contribution in [3.8, 4) is 0 Å². The van der Waals surface area contributed by atoms with E-state index in [9.17, 15) is 4.79 Å². The Morgan fingerprint density at radius 2 is 1.31 bits per heavy atom. The largest absolute Gasteiger partial charge is 0.336 e. The number of carbonyl (C=O) groups is 1. The third kappa shape index (κ3) is 4.21. The summed E-state index contributed by atoms with van der Waals surface area (Å²) in [5, 5.41) is 2.14. The maximum absolute atomic E-state index is 13.4. The summed E-state index contributed by atoms with van der Waals surface area (Å²) >= 11 is 3.55. The molecule has 4 heteroatoms. The second kappa shape index (κ2) is 9.27. The van der Waals surface area contributed by atoms with Crippen molar-refractivity contribution in [3.63, 3.8) is 0 Å². The molecular weight excluding hydrogens is 460 g/mol. The van der Waals surface area contributed by atoms with Crippen LogP contribution in [0.5, 0.6) is 0 Å². The van der Waals surface area contributed by atoms with Crippen molar-refractivity contribution >= 4 is 32.6 Å². The summed E-state index contributed by atoms with van der Waals surface area (Å²) in [5.41, 5.74) is 3.35. The van der Waals surface area contributed by atoms with Gasteiger partial charge in [0.1, 0.15) is 0 Å². The first-order valence-electron chi connectivity index (χ1n) is 11.0. The molecule has 1 heterocycles. The Labute approximate surface area is 197 Å². The van der Waals surface area contributed by atoms with E-state index in [0.717, 1.165) is 47.0 Å². The second-order valence-corrected chi connectivity index (χ2v) is 9.14. The van der Waals surface area contributed by atoms with Gasteiger partial charge in [0.2, 0.25) is 0 Å². The Morgan fingerprint density at radius 3 is 2.06 bits per heavy atom. The van der Waals surface area contributed by atoms with Gasteiger partial charge < -0.3 is 4.90 Å². The van der Waals surface area contributed by atoms with Crippen molar-refractivity contribution in [2.45, 2.75) is 6.04 Å². The van der Waals surface area contributed by atoms with Crippen LogP contribution in [0.25, 0.3) is 10.8 Å². The molecule has 0 aromatic heterocycles. The molecule has 3 nitrogen and oxygen atoms in total. The lowest BCUT2D eigenvalue weighted by atomic mass is 9.96. The number of benzene rings is 4. The van der Waals surface area contributed by atoms with Crippen LogP contribution in [0.3, 0.4) is 0 Å². The van der Waals surface area contributed by atoms with Gasteiger partial charge in [0, 0.05) is 36.2 Å². The quantitative estimate of drug-likeness (QED) is 0.346. The van der Waals surface area contributed by atoms with Crippen molar-refractivity contribution in [2.75, 3.05) is 26.2 Å². The third-order valence-corrected chi connectivity index (χ3v) is 6.82. The molecule has 1 aliphatic heterocycles. The number of hydrogen-bond acceptors (Lipinski definition) is 2. The molecule has 160 valence electrons. The Morgan fingerprint density at radius 1 is 0.688 bits per heavy atom. The molecule has 1 saturated heterocycles. The zero-order chi connectivity index (χ0) is 21.9. The summed E-state index contributed by atoms with van der Waals surface area (Å²) < 4.78 is 1.08. The van der Waals surface area contributed by atoms with Gasteiger partial charge >= 0.3 is 0 Å². The second-order valence-electron chi connectivity index (χ2n) is 8.22. The first-order chi connectivity index (χ1) is 15.7. The van der Waals surface area contributed by atoms with E-state index in [-0.39, 0.29) is 11.9 Å². The Balaban J connectivity index is 1.37. The SMILES string of the molecule is O=C(c1cccc2ccccc12)N1CCN([C@H](c2ccccc2)c2ccc(Br)cc2)CC1. The van der Waals surface area contributed by atoms with Crippen molar-refractivity contribution in [1.29, 1.82) is 0 Å². The number of carbonyl (C=O) groups excluding carboxylic acids is 1. The summed E-state index contributed by atoms with van der Waals surface area (Å²) in [6, 6.07) is 33.5. The van der Waals surface area contributed by atoms with Gasteiger partial charge in [-0.1, -0.05) is 94.8 Å². The topological polar surface area (TPSA) is 23.6 Å². The number of piperazine rings is 1. The first kappa shape index (κ1) is 20.9. The summed E-state index contributed by atoms with van der Waals surface area (Å²) in [4.78, 5) is 17.9. The first-order valence-corrected chi connectivity index (χ1v) is 11.8. The average Bonchev–Trinajstić information content (AvgIpc) is 2.86. The fourth-order valence-electron chi connectivity index (χ4n) is 4.66. The van der Waals surface area contributed by atoms with Crippen molar-refractivity contribution in [3.05, 3.63) is 118 Å². The highest BCUT2D eigenvalue weighted by Gasteiger charge is 2.29. The van der Waals surface area contributed by atoms with Gasteiger partial charge in [-0.05, 0) is 40.1 Å². The Hall–Kier alpha value is -2.95. The van der Waals surface area contributed by atoms with Crippen LogP contribution in [0.1, 0.15) is 27.5 Å². The van der Waals surface area contributed by atoms with E-state index < -0.39 is 0 Å². The summed E-state index contributed by atoms with van der Waals surface area (Å²) in [7, 11) is 0. The van der Waals surface area contributed by atoms with Gasteiger partial charge in [-0.25, -0.2) is 0 Å². The van der Waals surface area contributed by atoms with Crippen LogP contribution < -0.4 is 0 Å². The van der Waals surface area contributed by atoms with E-state index in [1.807, 2.05) is 35.2 Å². The summed E-state index contributed by atoms with van der Waals surface area (Å²) in [5.74, 6) is 0.126. The van der Waals surface area contributed by atoms with Gasteiger partial charge in [-0.3, -0.25) is 9.69 Å².